The lowest BCUT2D eigenvalue weighted by Crippen LogP contribution is -1.86. The highest BCUT2D eigenvalue weighted by Gasteiger charge is 2.25. The largest absolute Gasteiger partial charge is 0.265 e. The first-order valence-electron chi connectivity index (χ1n) is 9.19. The number of hydrogen-bond donors (Lipinski definition) is 0. The molecule has 0 bridgehead atoms. The molecular formula is C25H17N3. The van der Waals surface area contributed by atoms with Crippen molar-refractivity contribution in [2.75, 3.05) is 0 Å². The molecule has 0 unspecified atom stereocenters. The zero-order valence-corrected chi connectivity index (χ0v) is 15.2. The van der Waals surface area contributed by atoms with Crippen molar-refractivity contribution < 1.29 is 0 Å². The van der Waals surface area contributed by atoms with E-state index < -0.39 is 0 Å². The summed E-state index contributed by atoms with van der Waals surface area (Å²) in [6.07, 6.45) is 11.1. The molecule has 3 nitrogen and oxygen atoms in total. The molecule has 0 saturated heterocycles. The van der Waals surface area contributed by atoms with E-state index >= 15 is 0 Å². The zero-order chi connectivity index (χ0) is 18.8. The van der Waals surface area contributed by atoms with Gasteiger partial charge in [0.15, 0.2) is 0 Å². The summed E-state index contributed by atoms with van der Waals surface area (Å²) in [5.41, 5.74) is 9.40. The van der Waals surface area contributed by atoms with Crippen LogP contribution >= 0.6 is 0 Å². The molecule has 5 rings (SSSR count). The second kappa shape index (κ2) is 7.05. The van der Waals surface area contributed by atoms with Crippen LogP contribution in [-0.2, 0) is 0 Å². The van der Waals surface area contributed by atoms with Gasteiger partial charge >= 0.3 is 0 Å². The topological polar surface area (TPSA) is 38.7 Å². The summed E-state index contributed by atoms with van der Waals surface area (Å²) in [6, 6.07) is 23.0. The lowest BCUT2D eigenvalue weighted by molar-refractivity contribution is 1.32. The van der Waals surface area contributed by atoms with Crippen molar-refractivity contribution in [3.63, 3.8) is 0 Å². The fourth-order valence-corrected chi connectivity index (χ4v) is 3.81. The van der Waals surface area contributed by atoms with Gasteiger partial charge in [-0.1, -0.05) is 36.4 Å². The van der Waals surface area contributed by atoms with Gasteiger partial charge in [-0.3, -0.25) is 15.0 Å². The van der Waals surface area contributed by atoms with Crippen LogP contribution in [0.2, 0.25) is 0 Å². The average molecular weight is 359 g/mol. The lowest BCUT2D eigenvalue weighted by atomic mass is 9.95. The molecule has 0 N–H and O–H groups in total. The maximum atomic E-state index is 4.39. The van der Waals surface area contributed by atoms with Crippen LogP contribution in [0.25, 0.3) is 44.5 Å². The Labute approximate surface area is 163 Å². The molecule has 3 heteroatoms. The van der Waals surface area contributed by atoms with Crippen molar-refractivity contribution in [2.45, 2.75) is 0 Å². The molecule has 3 aromatic rings. The van der Waals surface area contributed by atoms with Crippen LogP contribution in [0.3, 0.4) is 0 Å². The molecule has 28 heavy (non-hydrogen) atoms. The van der Waals surface area contributed by atoms with E-state index in [2.05, 4.69) is 75.6 Å². The van der Waals surface area contributed by atoms with E-state index in [0.717, 1.165) is 16.7 Å². The van der Waals surface area contributed by atoms with Crippen molar-refractivity contribution in [3.8, 4) is 44.5 Å². The summed E-state index contributed by atoms with van der Waals surface area (Å²) < 4.78 is 0. The third-order valence-electron chi connectivity index (χ3n) is 4.97. The molecule has 0 fully saturated rings. The summed E-state index contributed by atoms with van der Waals surface area (Å²) >= 11 is 0. The second-order valence-corrected chi connectivity index (χ2v) is 6.58. The summed E-state index contributed by atoms with van der Waals surface area (Å²) in [6.45, 7) is 0. The van der Waals surface area contributed by atoms with Gasteiger partial charge in [0.05, 0.1) is 0 Å². The van der Waals surface area contributed by atoms with Crippen LogP contribution < -0.4 is 0 Å². The number of fused-ring (bicyclic) bond motifs is 1. The number of pyridine rings is 3. The minimum absolute atomic E-state index is 1.10. The molecule has 0 aliphatic heterocycles. The van der Waals surface area contributed by atoms with Gasteiger partial charge in [-0.2, -0.15) is 0 Å². The van der Waals surface area contributed by atoms with Crippen molar-refractivity contribution in [1.29, 1.82) is 0 Å². The van der Waals surface area contributed by atoms with Crippen molar-refractivity contribution in [1.82, 2.24) is 15.0 Å². The Morgan fingerprint density at radius 1 is 0.393 bits per heavy atom. The molecule has 0 spiro atoms. The Kier molecular flexibility index (Phi) is 4.11. The number of aromatic nitrogens is 3. The minimum Gasteiger partial charge on any atom is -0.265 e. The third-order valence-corrected chi connectivity index (χ3v) is 4.97. The Hall–Kier alpha value is -3.85. The smallest absolute Gasteiger partial charge is 0.0346 e. The first-order chi connectivity index (χ1) is 13.9. The van der Waals surface area contributed by atoms with Crippen LogP contribution in [0.5, 0.6) is 0 Å². The number of rotatable bonds is 3. The van der Waals surface area contributed by atoms with Crippen molar-refractivity contribution >= 4 is 0 Å². The predicted molar refractivity (Wildman–Crippen MR) is 113 cm³/mol. The molecule has 0 amide bonds. The van der Waals surface area contributed by atoms with Gasteiger partial charge in [-0.25, -0.2) is 0 Å². The van der Waals surface area contributed by atoms with Gasteiger partial charge < -0.3 is 0 Å². The van der Waals surface area contributed by atoms with Gasteiger partial charge in [0.1, 0.15) is 0 Å². The molecule has 3 heterocycles. The first kappa shape index (κ1) is 16.3. The monoisotopic (exact) mass is 359 g/mol. The number of hydrogen-bond acceptors (Lipinski definition) is 3. The fourth-order valence-electron chi connectivity index (χ4n) is 3.81. The first-order valence-corrected chi connectivity index (χ1v) is 9.19. The van der Waals surface area contributed by atoms with Crippen LogP contribution in [0.4, 0.5) is 0 Å². The van der Waals surface area contributed by atoms with Gasteiger partial charge in [-0.05, 0) is 63.7 Å². The Bertz CT molecular complexity index is 1110. The summed E-state index contributed by atoms with van der Waals surface area (Å²) in [4.78, 5) is 12.8. The molecule has 0 radical (unpaired) electrons. The molecule has 0 saturated carbocycles. The van der Waals surface area contributed by atoms with Crippen molar-refractivity contribution in [3.05, 3.63) is 104 Å². The quantitative estimate of drug-likeness (QED) is 0.398. The summed E-state index contributed by atoms with van der Waals surface area (Å²) in [7, 11) is 0. The molecule has 0 atom stereocenters. The highest BCUT2D eigenvalue weighted by molar-refractivity contribution is 6.10. The maximum absolute atomic E-state index is 4.39. The average Bonchev–Trinajstić information content (AvgIpc) is 2.91. The molecule has 0 aromatic carbocycles. The lowest BCUT2D eigenvalue weighted by Gasteiger charge is -2.09. The second-order valence-electron chi connectivity index (χ2n) is 6.58. The minimum atomic E-state index is 1.10. The fraction of sp³-hybridized carbons (Fsp3) is 0. The maximum Gasteiger partial charge on any atom is 0.0346 e. The predicted octanol–water partition coefficient (Wildman–Crippen LogP) is 5.98. The van der Waals surface area contributed by atoms with Gasteiger partial charge in [0.25, 0.3) is 0 Å². The summed E-state index contributed by atoms with van der Waals surface area (Å²) in [5, 5.41) is 0. The van der Waals surface area contributed by atoms with E-state index in [9.17, 15) is 0 Å². The van der Waals surface area contributed by atoms with Crippen molar-refractivity contribution in [2.24, 2.45) is 0 Å². The Morgan fingerprint density at radius 2 is 0.964 bits per heavy atom. The van der Waals surface area contributed by atoms with E-state index in [-0.39, 0.29) is 0 Å². The summed E-state index contributed by atoms with van der Waals surface area (Å²) in [5.74, 6) is 0. The van der Waals surface area contributed by atoms with E-state index in [1.807, 2.05) is 43.2 Å². The van der Waals surface area contributed by atoms with E-state index in [0.29, 0.717) is 0 Å². The molecule has 132 valence electrons. The van der Waals surface area contributed by atoms with E-state index in [1.54, 1.807) is 0 Å². The molecular weight excluding hydrogens is 342 g/mol. The van der Waals surface area contributed by atoms with Crippen LogP contribution in [0.15, 0.2) is 104 Å². The standard InChI is InChI=1S/C25H17N3/c1-2-6-21-22(7-3-1)24(19-10-15-27-16-11-19)25(20-5-4-12-28-17-20)23(21)18-8-13-26-14-9-18/h1-17H. The van der Waals surface area contributed by atoms with Gasteiger partial charge in [-0.15, -0.1) is 0 Å². The molecule has 2 aliphatic rings. The Morgan fingerprint density at radius 3 is 1.46 bits per heavy atom. The SMILES string of the molecule is c1ccc2c(-c3ccncc3)c(-c3cccnc3)c(-c3ccncc3)c-2cc1. The Balaban J connectivity index is 1.97. The van der Waals surface area contributed by atoms with Crippen LogP contribution in [0.1, 0.15) is 0 Å². The molecule has 3 aromatic heterocycles. The highest BCUT2D eigenvalue weighted by atomic mass is 14.6. The van der Waals surface area contributed by atoms with Gasteiger partial charge in [0, 0.05) is 48.3 Å². The zero-order valence-electron chi connectivity index (χ0n) is 15.2. The van der Waals surface area contributed by atoms with E-state index in [1.165, 1.54) is 27.8 Å². The van der Waals surface area contributed by atoms with Crippen LogP contribution in [-0.4, -0.2) is 15.0 Å². The van der Waals surface area contributed by atoms with Gasteiger partial charge in [0.2, 0.25) is 0 Å². The van der Waals surface area contributed by atoms with E-state index in [4.69, 9.17) is 0 Å². The van der Waals surface area contributed by atoms with Crippen LogP contribution in [0, 0.1) is 0 Å². The third kappa shape index (κ3) is 2.74. The molecule has 2 aliphatic carbocycles. The highest BCUT2D eigenvalue weighted by Crippen LogP contribution is 2.51. The normalized spacial score (nSPS) is 10.9. The number of nitrogens with zero attached hydrogens (tertiary/aromatic N) is 3.